The van der Waals surface area contributed by atoms with E-state index in [2.05, 4.69) is 0 Å². The van der Waals surface area contributed by atoms with E-state index >= 15 is 0 Å². The van der Waals surface area contributed by atoms with Gasteiger partial charge in [-0.15, -0.1) is 12.1 Å². The zero-order chi connectivity index (χ0) is 11.5. The first-order chi connectivity index (χ1) is 7.89. The van der Waals surface area contributed by atoms with E-state index in [9.17, 15) is 0 Å². The van der Waals surface area contributed by atoms with Crippen LogP contribution in [-0.4, -0.2) is 5.11 Å². The Morgan fingerprint density at radius 3 is 0.882 bits per heavy atom. The maximum absolute atomic E-state index is 8.47. The summed E-state index contributed by atoms with van der Waals surface area (Å²) < 4.78 is 0. The number of rotatable bonds is 0. The zero-order valence-corrected chi connectivity index (χ0v) is 12.0. The van der Waals surface area contributed by atoms with Crippen LogP contribution in [0.3, 0.4) is 0 Å². The molecular formula is C15H15OZr-. The van der Waals surface area contributed by atoms with E-state index < -0.39 is 0 Å². The molecule has 1 aromatic carbocycles. The SMILES string of the molecule is O[c-]1cccc1.[CH]1[CH][CH][CH][CH]1.[CH]1[CH][CH][CH][CH]1.[Zr]. The Hall–Kier alpha value is 0.0331. The summed E-state index contributed by atoms with van der Waals surface area (Å²) in [5.74, 6) is 0.343. The molecule has 1 nitrogen and oxygen atoms in total. The molecule has 10 radical (unpaired) electrons. The van der Waals surface area contributed by atoms with Gasteiger partial charge < -0.3 is 5.11 Å². The number of aromatic hydroxyl groups is 1. The summed E-state index contributed by atoms with van der Waals surface area (Å²) in [6.45, 7) is 0. The molecule has 2 fully saturated rings. The Kier molecular flexibility index (Phi) is 12.5. The van der Waals surface area contributed by atoms with E-state index in [0.717, 1.165) is 0 Å². The molecule has 0 bridgehead atoms. The second-order valence-electron chi connectivity index (χ2n) is 3.07. The van der Waals surface area contributed by atoms with Crippen molar-refractivity contribution in [2.75, 3.05) is 0 Å². The molecule has 17 heavy (non-hydrogen) atoms. The van der Waals surface area contributed by atoms with Gasteiger partial charge in [0.15, 0.2) is 0 Å². The molecule has 86 valence electrons. The van der Waals surface area contributed by atoms with Crippen LogP contribution < -0.4 is 0 Å². The molecule has 1 N–H and O–H groups in total. The van der Waals surface area contributed by atoms with Crippen molar-refractivity contribution in [3.63, 3.8) is 0 Å². The van der Waals surface area contributed by atoms with Gasteiger partial charge in [-0.2, -0.15) is 0 Å². The van der Waals surface area contributed by atoms with Gasteiger partial charge in [0.05, 0.1) is 0 Å². The number of hydrogen-bond acceptors (Lipinski definition) is 1. The van der Waals surface area contributed by atoms with Gasteiger partial charge in [-0.05, 0) is 64.2 Å². The van der Waals surface area contributed by atoms with Crippen LogP contribution in [0.2, 0.25) is 0 Å². The fourth-order valence-electron chi connectivity index (χ4n) is 1.01. The summed E-state index contributed by atoms with van der Waals surface area (Å²) in [5.41, 5.74) is 0. The summed E-state index contributed by atoms with van der Waals surface area (Å²) in [7, 11) is 0. The van der Waals surface area contributed by atoms with E-state index in [1.54, 1.807) is 24.3 Å². The Morgan fingerprint density at radius 2 is 0.765 bits per heavy atom. The molecule has 2 aliphatic carbocycles. The van der Waals surface area contributed by atoms with E-state index in [0.29, 0.717) is 5.75 Å². The minimum absolute atomic E-state index is 0. The first kappa shape index (κ1) is 17.0. The van der Waals surface area contributed by atoms with Crippen LogP contribution in [0.4, 0.5) is 0 Å². The van der Waals surface area contributed by atoms with Crippen LogP contribution in [0.25, 0.3) is 0 Å². The molecule has 0 amide bonds. The van der Waals surface area contributed by atoms with Gasteiger partial charge in [0.2, 0.25) is 0 Å². The predicted octanol–water partition coefficient (Wildman–Crippen LogP) is 3.15. The Bertz CT molecular complexity index is 198. The minimum atomic E-state index is 0. The molecule has 0 heterocycles. The normalized spacial score (nSPS) is 17.2. The Balaban J connectivity index is 0.000000221. The maximum Gasteiger partial charge on any atom is 0.00174 e. The number of hydrogen-bond donors (Lipinski definition) is 1. The third-order valence-corrected chi connectivity index (χ3v) is 1.76. The van der Waals surface area contributed by atoms with Crippen molar-refractivity contribution >= 4 is 0 Å². The fraction of sp³-hybridized carbons (Fsp3) is 0. The average Bonchev–Trinajstić information content (AvgIpc) is 3.07. The molecule has 0 aliphatic heterocycles. The van der Waals surface area contributed by atoms with Gasteiger partial charge in [-0.1, -0.05) is 0 Å². The largest absolute Gasteiger partial charge is 0.566 e. The predicted molar refractivity (Wildman–Crippen MR) is 66.7 cm³/mol. The van der Waals surface area contributed by atoms with Gasteiger partial charge in [0.25, 0.3) is 0 Å². The average molecular weight is 303 g/mol. The Morgan fingerprint density at radius 1 is 0.529 bits per heavy atom. The van der Waals surface area contributed by atoms with E-state index in [1.165, 1.54) is 0 Å². The second kappa shape index (κ2) is 12.5. The van der Waals surface area contributed by atoms with Crippen molar-refractivity contribution in [2.24, 2.45) is 0 Å². The fourth-order valence-corrected chi connectivity index (χ4v) is 1.01. The summed E-state index contributed by atoms with van der Waals surface area (Å²) in [6.07, 6.45) is 20.0. The van der Waals surface area contributed by atoms with E-state index in [1.807, 2.05) is 64.2 Å². The van der Waals surface area contributed by atoms with Gasteiger partial charge in [0, 0.05) is 32.0 Å². The van der Waals surface area contributed by atoms with Gasteiger partial charge in [-0.25, -0.2) is 12.1 Å². The van der Waals surface area contributed by atoms with Crippen molar-refractivity contribution in [3.05, 3.63) is 88.5 Å². The Labute approximate surface area is 125 Å². The van der Waals surface area contributed by atoms with E-state index in [-0.39, 0.29) is 26.2 Å². The van der Waals surface area contributed by atoms with Gasteiger partial charge in [-0.3, -0.25) is 0 Å². The molecule has 0 unspecified atom stereocenters. The standard InChI is InChI=1S/C5H5O.2C5H5.Zr/c6-5-3-1-2-4-5;2*1-2-4-5-3-1;/h1-4,6H;2*1-5H;/q-1;;;. The van der Waals surface area contributed by atoms with Gasteiger partial charge >= 0.3 is 0 Å². The van der Waals surface area contributed by atoms with Crippen LogP contribution in [0.5, 0.6) is 5.75 Å². The topological polar surface area (TPSA) is 20.2 Å². The molecule has 0 atom stereocenters. The van der Waals surface area contributed by atoms with Crippen LogP contribution in [0.1, 0.15) is 0 Å². The smallest absolute Gasteiger partial charge is 0.00174 e. The van der Waals surface area contributed by atoms with Crippen molar-refractivity contribution in [1.82, 2.24) is 0 Å². The summed E-state index contributed by atoms with van der Waals surface area (Å²) in [5, 5.41) is 8.47. The molecule has 2 aliphatic rings. The third-order valence-electron chi connectivity index (χ3n) is 1.76. The van der Waals surface area contributed by atoms with Crippen LogP contribution in [0.15, 0.2) is 24.3 Å². The second-order valence-corrected chi connectivity index (χ2v) is 3.07. The summed E-state index contributed by atoms with van der Waals surface area (Å²) >= 11 is 0. The maximum atomic E-state index is 8.47. The van der Waals surface area contributed by atoms with Crippen molar-refractivity contribution < 1.29 is 31.3 Å². The van der Waals surface area contributed by atoms with Crippen molar-refractivity contribution in [2.45, 2.75) is 0 Å². The first-order valence-corrected chi connectivity index (χ1v) is 5.13. The summed E-state index contributed by atoms with van der Waals surface area (Å²) in [4.78, 5) is 0. The van der Waals surface area contributed by atoms with Gasteiger partial charge in [0.1, 0.15) is 0 Å². The molecule has 3 rings (SSSR count). The van der Waals surface area contributed by atoms with Crippen LogP contribution in [0, 0.1) is 64.2 Å². The third kappa shape index (κ3) is 10.9. The zero-order valence-electron chi connectivity index (χ0n) is 9.53. The first-order valence-electron chi connectivity index (χ1n) is 5.13. The monoisotopic (exact) mass is 301 g/mol. The molecule has 0 spiro atoms. The molecule has 2 heteroatoms. The molecule has 0 aromatic heterocycles. The molecule has 2 saturated carbocycles. The van der Waals surface area contributed by atoms with Crippen molar-refractivity contribution in [3.8, 4) is 5.75 Å². The minimum Gasteiger partial charge on any atom is -0.566 e. The molecule has 1 aromatic rings. The molecule has 0 saturated heterocycles. The van der Waals surface area contributed by atoms with E-state index in [4.69, 9.17) is 5.11 Å². The molecular weight excluding hydrogens is 287 g/mol. The van der Waals surface area contributed by atoms with Crippen molar-refractivity contribution in [1.29, 1.82) is 0 Å². The van der Waals surface area contributed by atoms with Crippen LogP contribution >= 0.6 is 0 Å². The quantitative estimate of drug-likeness (QED) is 0.730. The summed E-state index contributed by atoms with van der Waals surface area (Å²) in [6, 6.07) is 6.85. The van der Waals surface area contributed by atoms with Crippen LogP contribution in [-0.2, 0) is 26.2 Å².